The van der Waals surface area contributed by atoms with Gasteiger partial charge in [0.15, 0.2) is 0 Å². The molecule has 0 saturated carbocycles. The van der Waals surface area contributed by atoms with Crippen molar-refractivity contribution in [3.05, 3.63) is 60.7 Å². The molecule has 1 unspecified atom stereocenters. The van der Waals surface area contributed by atoms with Crippen molar-refractivity contribution in [3.63, 3.8) is 0 Å². The van der Waals surface area contributed by atoms with E-state index < -0.39 is 0 Å². The fourth-order valence-corrected chi connectivity index (χ4v) is 2.27. The van der Waals surface area contributed by atoms with Gasteiger partial charge in [0.05, 0.1) is 12.6 Å². The van der Waals surface area contributed by atoms with E-state index in [1.807, 2.05) is 12.1 Å². The Kier molecular flexibility index (Phi) is 5.74. The number of nitrogens with zero attached hydrogens (tertiary/aromatic N) is 1. The molecule has 1 fully saturated rings. The van der Waals surface area contributed by atoms with Gasteiger partial charge in [0.2, 0.25) is 0 Å². The van der Waals surface area contributed by atoms with Gasteiger partial charge in [-0.05, 0) is 24.0 Å². The van der Waals surface area contributed by atoms with Crippen LogP contribution in [0.3, 0.4) is 0 Å². The molecule has 106 valence electrons. The zero-order valence-corrected chi connectivity index (χ0v) is 11.5. The Hall–Kier alpha value is -1.68. The number of hydroxylamine groups is 2. The van der Waals surface area contributed by atoms with Gasteiger partial charge in [-0.15, -0.1) is 0 Å². The monoisotopic (exact) mass is 271 g/mol. The number of aliphatic hydroxyl groups is 1. The minimum atomic E-state index is 0.00926. The molecule has 1 aliphatic rings. The average Bonchev–Trinajstić information content (AvgIpc) is 2.95. The number of aliphatic hydroxyl groups excluding tert-OH is 1. The van der Waals surface area contributed by atoms with Crippen molar-refractivity contribution < 1.29 is 10.3 Å². The number of rotatable bonds is 2. The van der Waals surface area contributed by atoms with Gasteiger partial charge in [-0.2, -0.15) is 5.06 Å². The molecule has 2 N–H and O–H groups in total. The minimum Gasteiger partial charge on any atom is -0.395 e. The molecular weight excluding hydrogens is 250 g/mol. The fourth-order valence-electron chi connectivity index (χ4n) is 2.27. The van der Waals surface area contributed by atoms with Crippen LogP contribution in [0.25, 0.3) is 11.1 Å². The molecule has 20 heavy (non-hydrogen) atoms. The minimum absolute atomic E-state index is 0.00926. The summed E-state index contributed by atoms with van der Waals surface area (Å²) in [5.74, 6) is 0. The maximum Gasteiger partial charge on any atom is 0.0610 e. The standard InChI is InChI=1S/C12H10.C5H11NO2/c1-3-7-11(8-4-1)12-9-5-2-6-10-12;7-4-5-2-1-3-6(5)8/h1-10H;5,7-8H,1-4H2. The maximum atomic E-state index is 8.86. The van der Waals surface area contributed by atoms with E-state index in [0.29, 0.717) is 6.54 Å². The van der Waals surface area contributed by atoms with Crippen LogP contribution >= 0.6 is 0 Å². The topological polar surface area (TPSA) is 43.7 Å². The van der Waals surface area contributed by atoms with Crippen LogP contribution in [0.2, 0.25) is 0 Å². The highest BCUT2D eigenvalue weighted by molar-refractivity contribution is 5.62. The van der Waals surface area contributed by atoms with E-state index >= 15 is 0 Å². The van der Waals surface area contributed by atoms with E-state index in [0.717, 1.165) is 12.8 Å². The van der Waals surface area contributed by atoms with E-state index in [1.54, 1.807) is 0 Å². The molecule has 3 rings (SSSR count). The molecular formula is C17H21NO2. The van der Waals surface area contributed by atoms with E-state index in [-0.39, 0.29) is 12.6 Å². The maximum absolute atomic E-state index is 8.86. The van der Waals surface area contributed by atoms with E-state index in [1.165, 1.54) is 16.2 Å². The summed E-state index contributed by atoms with van der Waals surface area (Å²) < 4.78 is 0. The second-order valence-corrected chi connectivity index (χ2v) is 4.87. The van der Waals surface area contributed by atoms with Crippen LogP contribution in [-0.2, 0) is 0 Å². The summed E-state index contributed by atoms with van der Waals surface area (Å²) in [6.07, 6.45) is 1.93. The molecule has 0 spiro atoms. The molecule has 1 saturated heterocycles. The van der Waals surface area contributed by atoms with E-state index in [4.69, 9.17) is 10.3 Å². The van der Waals surface area contributed by atoms with Crippen LogP contribution in [0.1, 0.15) is 12.8 Å². The summed E-state index contributed by atoms with van der Waals surface area (Å²) in [4.78, 5) is 0. The second kappa shape index (κ2) is 7.80. The lowest BCUT2D eigenvalue weighted by molar-refractivity contribution is -0.113. The van der Waals surface area contributed by atoms with E-state index in [9.17, 15) is 0 Å². The molecule has 0 radical (unpaired) electrons. The molecule has 2 aromatic carbocycles. The highest BCUT2D eigenvalue weighted by atomic mass is 16.5. The lowest BCUT2D eigenvalue weighted by Gasteiger charge is -2.12. The van der Waals surface area contributed by atoms with Crippen molar-refractivity contribution in [3.8, 4) is 11.1 Å². The lowest BCUT2D eigenvalue weighted by atomic mass is 10.1. The molecule has 3 heteroatoms. The summed E-state index contributed by atoms with van der Waals surface area (Å²) in [6, 6.07) is 20.8. The Balaban J connectivity index is 0.000000160. The van der Waals surface area contributed by atoms with Gasteiger partial charge in [0.25, 0.3) is 0 Å². The average molecular weight is 271 g/mol. The van der Waals surface area contributed by atoms with Gasteiger partial charge in [-0.25, -0.2) is 0 Å². The van der Waals surface area contributed by atoms with Gasteiger partial charge in [0, 0.05) is 6.54 Å². The Labute approximate surface area is 120 Å². The largest absolute Gasteiger partial charge is 0.395 e. The zero-order valence-electron chi connectivity index (χ0n) is 11.5. The highest BCUT2D eigenvalue weighted by Gasteiger charge is 2.20. The summed E-state index contributed by atoms with van der Waals surface area (Å²) in [5, 5.41) is 18.6. The molecule has 0 bridgehead atoms. The number of benzene rings is 2. The first-order valence-corrected chi connectivity index (χ1v) is 6.98. The smallest absolute Gasteiger partial charge is 0.0610 e. The Bertz CT molecular complexity index is 449. The predicted molar refractivity (Wildman–Crippen MR) is 80.5 cm³/mol. The van der Waals surface area contributed by atoms with Crippen molar-refractivity contribution in [2.24, 2.45) is 0 Å². The van der Waals surface area contributed by atoms with Crippen molar-refractivity contribution in [1.29, 1.82) is 0 Å². The van der Waals surface area contributed by atoms with Crippen molar-refractivity contribution in [2.75, 3.05) is 13.2 Å². The van der Waals surface area contributed by atoms with Crippen LogP contribution in [0.4, 0.5) is 0 Å². The Morgan fingerprint density at radius 3 is 1.70 bits per heavy atom. The van der Waals surface area contributed by atoms with Crippen LogP contribution in [0.5, 0.6) is 0 Å². The number of hydrogen-bond donors (Lipinski definition) is 2. The second-order valence-electron chi connectivity index (χ2n) is 4.87. The summed E-state index contributed by atoms with van der Waals surface area (Å²) in [5.41, 5.74) is 2.55. The fraction of sp³-hybridized carbons (Fsp3) is 0.294. The SMILES string of the molecule is OCC1CCCN1O.c1ccc(-c2ccccc2)cc1. The highest BCUT2D eigenvalue weighted by Crippen LogP contribution is 2.17. The van der Waals surface area contributed by atoms with Gasteiger partial charge >= 0.3 is 0 Å². The Morgan fingerprint density at radius 2 is 1.40 bits per heavy atom. The van der Waals surface area contributed by atoms with Crippen LogP contribution in [0.15, 0.2) is 60.7 Å². The molecule has 2 aromatic rings. The van der Waals surface area contributed by atoms with Gasteiger partial charge in [0.1, 0.15) is 0 Å². The van der Waals surface area contributed by atoms with Crippen molar-refractivity contribution >= 4 is 0 Å². The van der Waals surface area contributed by atoms with Crippen molar-refractivity contribution in [2.45, 2.75) is 18.9 Å². The van der Waals surface area contributed by atoms with Crippen LogP contribution in [0, 0.1) is 0 Å². The quantitative estimate of drug-likeness (QED) is 0.881. The Morgan fingerprint density at radius 1 is 0.900 bits per heavy atom. The van der Waals surface area contributed by atoms with Gasteiger partial charge in [-0.1, -0.05) is 60.7 Å². The first kappa shape index (κ1) is 14.7. The van der Waals surface area contributed by atoms with Crippen molar-refractivity contribution in [1.82, 2.24) is 5.06 Å². The third kappa shape index (κ3) is 4.17. The summed E-state index contributed by atoms with van der Waals surface area (Å²) in [6.45, 7) is 0.793. The lowest BCUT2D eigenvalue weighted by Crippen LogP contribution is -2.28. The molecule has 0 aliphatic carbocycles. The molecule has 1 atom stereocenters. The molecule has 0 amide bonds. The normalized spacial score (nSPS) is 18.4. The zero-order chi connectivity index (χ0) is 14.2. The predicted octanol–water partition coefficient (Wildman–Crippen LogP) is 3.19. The first-order chi connectivity index (χ1) is 9.81. The summed E-state index contributed by atoms with van der Waals surface area (Å²) in [7, 11) is 0. The van der Waals surface area contributed by atoms with Gasteiger partial charge in [-0.3, -0.25) is 0 Å². The van der Waals surface area contributed by atoms with E-state index in [2.05, 4.69) is 48.5 Å². The molecule has 3 nitrogen and oxygen atoms in total. The first-order valence-electron chi connectivity index (χ1n) is 6.98. The van der Waals surface area contributed by atoms with Crippen LogP contribution in [-0.4, -0.2) is 34.6 Å². The molecule has 1 aliphatic heterocycles. The molecule has 1 heterocycles. The van der Waals surface area contributed by atoms with Gasteiger partial charge < -0.3 is 10.3 Å². The molecule has 0 aromatic heterocycles. The summed E-state index contributed by atoms with van der Waals surface area (Å²) >= 11 is 0. The third-order valence-electron chi connectivity index (χ3n) is 3.44. The van der Waals surface area contributed by atoms with Crippen LogP contribution < -0.4 is 0 Å². The third-order valence-corrected chi connectivity index (χ3v) is 3.44. The number of hydrogen-bond acceptors (Lipinski definition) is 3.